The SMILES string of the molecule is CC(C)[Si](C#Cc1cc(=O)n(-c2ccccc2)c2nc(Nc3ccc(N4CCN(C)CC4)c(CO)c3)ncc12)(C(C)C)C(C)C. The average Bonchev–Trinajstić information content (AvgIpc) is 3.01. The Morgan fingerprint density at radius 2 is 1.60 bits per heavy atom. The van der Waals surface area contributed by atoms with E-state index in [-0.39, 0.29) is 12.2 Å². The molecule has 0 unspecified atom stereocenters. The first kappa shape index (κ1) is 32.4. The van der Waals surface area contributed by atoms with Crippen LogP contribution in [0.2, 0.25) is 16.6 Å². The van der Waals surface area contributed by atoms with Gasteiger partial charge in [-0.05, 0) is 54.0 Å². The van der Waals surface area contributed by atoms with Crippen LogP contribution in [0.3, 0.4) is 0 Å². The first-order valence-corrected chi connectivity index (χ1v) is 18.2. The lowest BCUT2D eigenvalue weighted by Crippen LogP contribution is -2.44. The number of likely N-dealkylation sites (N-methyl/N-ethyl adjacent to an activating group) is 1. The van der Waals surface area contributed by atoms with Gasteiger partial charge in [0.15, 0.2) is 5.65 Å². The van der Waals surface area contributed by atoms with Crippen LogP contribution in [0.1, 0.15) is 52.7 Å². The quantitative estimate of drug-likeness (QED) is 0.175. The van der Waals surface area contributed by atoms with Crippen LogP contribution in [0.5, 0.6) is 0 Å². The van der Waals surface area contributed by atoms with Crippen LogP contribution in [0.25, 0.3) is 16.7 Å². The third-order valence-electron chi connectivity index (χ3n) is 9.40. The molecule has 0 bridgehead atoms. The Hall–Kier alpha value is -3.97. The van der Waals surface area contributed by atoms with E-state index in [1.165, 1.54) is 0 Å². The Morgan fingerprint density at radius 3 is 2.22 bits per heavy atom. The van der Waals surface area contributed by atoms with Gasteiger partial charge in [0, 0.05) is 60.9 Å². The van der Waals surface area contributed by atoms with Crippen molar-refractivity contribution in [1.82, 2.24) is 19.4 Å². The molecule has 2 aromatic carbocycles. The number of aliphatic hydroxyl groups is 1. The molecule has 236 valence electrons. The summed E-state index contributed by atoms with van der Waals surface area (Å²) in [4.78, 5) is 27.9. The average molecular weight is 623 g/mol. The molecule has 3 heterocycles. The number of benzene rings is 2. The lowest BCUT2D eigenvalue weighted by atomic mass is 10.1. The van der Waals surface area contributed by atoms with Gasteiger partial charge in [0.25, 0.3) is 5.56 Å². The summed E-state index contributed by atoms with van der Waals surface area (Å²) in [7, 11) is 0.0967. The number of aromatic nitrogens is 3. The van der Waals surface area contributed by atoms with E-state index in [1.54, 1.807) is 16.8 Å². The summed E-state index contributed by atoms with van der Waals surface area (Å²) in [5, 5.41) is 14.3. The van der Waals surface area contributed by atoms with Gasteiger partial charge in [0.2, 0.25) is 5.95 Å². The maximum absolute atomic E-state index is 13.7. The number of piperazine rings is 1. The molecule has 0 amide bonds. The second kappa shape index (κ2) is 13.6. The van der Waals surface area contributed by atoms with E-state index >= 15 is 0 Å². The van der Waals surface area contributed by atoms with E-state index in [0.717, 1.165) is 54.2 Å². The Morgan fingerprint density at radius 1 is 0.933 bits per heavy atom. The van der Waals surface area contributed by atoms with Crippen LogP contribution in [-0.2, 0) is 6.61 Å². The zero-order valence-electron chi connectivity index (χ0n) is 27.6. The first-order valence-electron chi connectivity index (χ1n) is 16.0. The Kier molecular flexibility index (Phi) is 9.78. The van der Waals surface area contributed by atoms with Gasteiger partial charge in [0.05, 0.1) is 17.7 Å². The van der Waals surface area contributed by atoms with Crippen LogP contribution in [-0.4, -0.2) is 65.8 Å². The molecule has 45 heavy (non-hydrogen) atoms. The fraction of sp³-hybridized carbons (Fsp3) is 0.417. The summed E-state index contributed by atoms with van der Waals surface area (Å²) < 4.78 is 1.63. The van der Waals surface area contributed by atoms with E-state index in [4.69, 9.17) is 4.98 Å². The molecular formula is C36H46N6O2Si. The van der Waals surface area contributed by atoms with E-state index < -0.39 is 8.07 Å². The van der Waals surface area contributed by atoms with E-state index in [9.17, 15) is 9.90 Å². The molecule has 0 saturated carbocycles. The van der Waals surface area contributed by atoms with Crippen molar-refractivity contribution in [2.75, 3.05) is 43.4 Å². The second-order valence-corrected chi connectivity index (χ2v) is 18.6. The molecule has 2 aromatic heterocycles. The summed E-state index contributed by atoms with van der Waals surface area (Å²) in [6.45, 7) is 17.5. The van der Waals surface area contributed by atoms with Crippen LogP contribution < -0.4 is 15.8 Å². The predicted octanol–water partition coefficient (Wildman–Crippen LogP) is 6.34. The van der Waals surface area contributed by atoms with Crippen LogP contribution in [0.4, 0.5) is 17.3 Å². The maximum Gasteiger partial charge on any atom is 0.258 e. The highest BCUT2D eigenvalue weighted by Gasteiger charge is 2.41. The zero-order valence-corrected chi connectivity index (χ0v) is 28.6. The number of rotatable bonds is 8. The van der Waals surface area contributed by atoms with E-state index in [2.05, 4.69) is 80.2 Å². The number of aliphatic hydroxyl groups excluding tert-OH is 1. The van der Waals surface area contributed by atoms with Gasteiger partial charge in [-0.15, -0.1) is 5.54 Å². The smallest absolute Gasteiger partial charge is 0.258 e. The minimum absolute atomic E-state index is 0.0702. The number of para-hydroxylation sites is 1. The number of hydrogen-bond donors (Lipinski definition) is 2. The standard InChI is InChI=1S/C36H46N6O2Si/c1-25(2)45(26(3)4,27(5)6)20-15-28-22-34(44)42(31-11-9-8-10-12-31)35-32(28)23-37-36(39-35)38-30-13-14-33(29(21-30)24-43)41-18-16-40(7)17-19-41/h8-14,21-23,25-27,43H,16-19,24H2,1-7H3,(H,37,38,39). The van der Waals surface area contributed by atoms with Crippen LogP contribution >= 0.6 is 0 Å². The zero-order chi connectivity index (χ0) is 32.3. The molecule has 1 saturated heterocycles. The number of anilines is 3. The second-order valence-electron chi connectivity index (χ2n) is 13.1. The largest absolute Gasteiger partial charge is 0.392 e. The highest BCUT2D eigenvalue weighted by atomic mass is 28.3. The van der Waals surface area contributed by atoms with Crippen LogP contribution in [0, 0.1) is 11.5 Å². The Bertz CT molecular complexity index is 1740. The fourth-order valence-electron chi connectivity index (χ4n) is 6.98. The van der Waals surface area contributed by atoms with Crippen molar-refractivity contribution in [1.29, 1.82) is 0 Å². The molecule has 2 N–H and O–H groups in total. The molecule has 0 atom stereocenters. The van der Waals surface area contributed by atoms with Crippen molar-refractivity contribution in [3.05, 3.63) is 82.3 Å². The summed E-state index contributed by atoms with van der Waals surface area (Å²) in [6, 6.07) is 17.2. The minimum atomic E-state index is -2.03. The summed E-state index contributed by atoms with van der Waals surface area (Å²) >= 11 is 0. The van der Waals surface area contributed by atoms with Gasteiger partial charge in [-0.25, -0.2) is 4.98 Å². The molecule has 0 radical (unpaired) electrons. The minimum Gasteiger partial charge on any atom is -0.392 e. The van der Waals surface area contributed by atoms with Gasteiger partial charge in [-0.1, -0.05) is 65.7 Å². The fourth-order valence-corrected chi connectivity index (χ4v) is 12.2. The van der Waals surface area contributed by atoms with Crippen molar-refractivity contribution >= 4 is 36.4 Å². The first-order chi connectivity index (χ1) is 21.5. The third kappa shape index (κ3) is 6.55. The monoisotopic (exact) mass is 622 g/mol. The Balaban J connectivity index is 1.59. The number of hydrogen-bond acceptors (Lipinski definition) is 7. The molecule has 1 fully saturated rings. The third-order valence-corrected chi connectivity index (χ3v) is 15.7. The summed E-state index contributed by atoms with van der Waals surface area (Å²) in [6.07, 6.45) is 1.77. The van der Waals surface area contributed by atoms with E-state index in [1.807, 2.05) is 48.5 Å². The van der Waals surface area contributed by atoms with Crippen molar-refractivity contribution in [3.8, 4) is 17.2 Å². The molecule has 8 nitrogen and oxygen atoms in total. The molecule has 4 aromatic rings. The molecule has 1 aliphatic rings. The predicted molar refractivity (Wildman–Crippen MR) is 188 cm³/mol. The number of fused-ring (bicyclic) bond motifs is 1. The normalized spacial score (nSPS) is 14.3. The van der Waals surface area contributed by atoms with Crippen molar-refractivity contribution < 1.29 is 5.11 Å². The van der Waals surface area contributed by atoms with Gasteiger partial charge < -0.3 is 20.2 Å². The molecule has 0 aliphatic carbocycles. The highest BCUT2D eigenvalue weighted by molar-refractivity contribution is 6.90. The highest BCUT2D eigenvalue weighted by Crippen LogP contribution is 2.41. The topological polar surface area (TPSA) is 86.5 Å². The maximum atomic E-state index is 13.7. The van der Waals surface area contributed by atoms with Gasteiger partial charge in [-0.2, -0.15) is 4.98 Å². The van der Waals surface area contributed by atoms with Gasteiger partial charge in [-0.3, -0.25) is 9.36 Å². The lowest BCUT2D eigenvalue weighted by Gasteiger charge is -2.38. The molecule has 9 heteroatoms. The number of nitrogens with zero attached hydrogens (tertiary/aromatic N) is 5. The van der Waals surface area contributed by atoms with E-state index in [0.29, 0.717) is 33.8 Å². The molecular weight excluding hydrogens is 577 g/mol. The van der Waals surface area contributed by atoms with Crippen molar-refractivity contribution in [2.45, 2.75) is 64.8 Å². The van der Waals surface area contributed by atoms with Crippen LogP contribution in [0.15, 0.2) is 65.6 Å². The molecule has 5 rings (SSSR count). The van der Waals surface area contributed by atoms with Crippen molar-refractivity contribution in [2.24, 2.45) is 0 Å². The lowest BCUT2D eigenvalue weighted by molar-refractivity contribution is 0.280. The molecule has 1 aliphatic heterocycles. The number of nitrogens with one attached hydrogen (secondary N) is 1. The summed E-state index contributed by atoms with van der Waals surface area (Å²) in [5.74, 6) is 3.84. The van der Waals surface area contributed by atoms with Gasteiger partial charge >= 0.3 is 0 Å². The molecule has 0 spiro atoms. The number of pyridine rings is 1. The summed E-state index contributed by atoms with van der Waals surface area (Å²) in [5.41, 5.74) is 9.53. The van der Waals surface area contributed by atoms with Gasteiger partial charge in [0.1, 0.15) is 8.07 Å². The van der Waals surface area contributed by atoms with Crippen molar-refractivity contribution in [3.63, 3.8) is 0 Å². The Labute approximate surface area is 268 Å².